The van der Waals surface area contributed by atoms with Crippen molar-refractivity contribution in [2.24, 2.45) is 0 Å². The highest BCUT2D eigenvalue weighted by Crippen LogP contribution is 2.28. The van der Waals surface area contributed by atoms with E-state index in [9.17, 15) is 9.59 Å². The van der Waals surface area contributed by atoms with Crippen LogP contribution in [-0.4, -0.2) is 39.9 Å². The zero-order valence-electron chi connectivity index (χ0n) is 17.8. The number of nitrogens with one attached hydrogen (secondary N) is 1. The van der Waals surface area contributed by atoms with E-state index in [0.717, 1.165) is 36.2 Å². The number of nitrogens with zero attached hydrogens (tertiary/aromatic N) is 3. The zero-order chi connectivity index (χ0) is 21.8. The number of carbonyl (C=O) groups is 2. The number of anilines is 1. The van der Waals surface area contributed by atoms with E-state index in [1.54, 1.807) is 12.1 Å². The second-order valence-electron chi connectivity index (χ2n) is 8.06. The summed E-state index contributed by atoms with van der Waals surface area (Å²) in [6.45, 7) is 4.86. The third-order valence-corrected chi connectivity index (χ3v) is 5.50. The fourth-order valence-electron chi connectivity index (χ4n) is 3.82. The number of likely N-dealkylation sites (tertiary alicyclic amines) is 1. The molecule has 160 valence electrons. The lowest BCUT2D eigenvalue weighted by Crippen LogP contribution is -2.40. The summed E-state index contributed by atoms with van der Waals surface area (Å²) in [5.41, 5.74) is 3.74. The van der Waals surface area contributed by atoms with Crippen LogP contribution in [0.3, 0.4) is 0 Å². The van der Waals surface area contributed by atoms with Crippen molar-refractivity contribution in [3.05, 3.63) is 65.5 Å². The summed E-state index contributed by atoms with van der Waals surface area (Å²) in [5.74, 6) is 1.12. The molecule has 0 bridgehead atoms. The number of carbonyl (C=O) groups excluding carboxylic acids is 2. The van der Waals surface area contributed by atoms with Crippen molar-refractivity contribution in [1.82, 2.24) is 15.0 Å². The first-order valence-corrected chi connectivity index (χ1v) is 10.5. The SMILES string of the molecule is CC(=O)Nc1ccc(-c2noc([C@H]3CCCN(C(=O)Cc4ccc(C)cc4)C3)n2)cc1. The van der Waals surface area contributed by atoms with Crippen LogP contribution >= 0.6 is 0 Å². The minimum atomic E-state index is -0.117. The Morgan fingerprint density at radius 1 is 1.13 bits per heavy atom. The molecular weight excluding hydrogens is 392 g/mol. The Kier molecular flexibility index (Phi) is 6.11. The number of aromatic nitrogens is 2. The summed E-state index contributed by atoms with van der Waals surface area (Å²) in [7, 11) is 0. The van der Waals surface area contributed by atoms with E-state index in [2.05, 4.69) is 15.5 Å². The maximum Gasteiger partial charge on any atom is 0.231 e. The van der Waals surface area contributed by atoms with Crippen molar-refractivity contribution in [3.8, 4) is 11.4 Å². The molecule has 0 unspecified atom stereocenters. The molecule has 1 aliphatic rings. The van der Waals surface area contributed by atoms with Crippen LogP contribution in [0, 0.1) is 6.92 Å². The van der Waals surface area contributed by atoms with Gasteiger partial charge in [0, 0.05) is 31.3 Å². The molecule has 7 nitrogen and oxygen atoms in total. The normalized spacial score (nSPS) is 16.2. The predicted molar refractivity (Wildman–Crippen MR) is 117 cm³/mol. The van der Waals surface area contributed by atoms with Crippen LogP contribution in [0.4, 0.5) is 5.69 Å². The topological polar surface area (TPSA) is 88.3 Å². The van der Waals surface area contributed by atoms with Gasteiger partial charge in [-0.25, -0.2) is 0 Å². The van der Waals surface area contributed by atoms with Gasteiger partial charge in [0.25, 0.3) is 0 Å². The molecule has 1 saturated heterocycles. The molecule has 1 aromatic heterocycles. The van der Waals surface area contributed by atoms with Gasteiger partial charge in [-0.15, -0.1) is 0 Å². The minimum absolute atomic E-state index is 0.0376. The van der Waals surface area contributed by atoms with Gasteiger partial charge in [0.2, 0.25) is 23.5 Å². The third kappa shape index (κ3) is 5.17. The van der Waals surface area contributed by atoms with Gasteiger partial charge in [-0.1, -0.05) is 35.0 Å². The Morgan fingerprint density at radius 3 is 2.58 bits per heavy atom. The van der Waals surface area contributed by atoms with Crippen LogP contribution in [0.2, 0.25) is 0 Å². The maximum atomic E-state index is 12.8. The van der Waals surface area contributed by atoms with E-state index < -0.39 is 0 Å². The average Bonchev–Trinajstić information content (AvgIpc) is 3.26. The highest BCUT2D eigenvalue weighted by atomic mass is 16.5. The average molecular weight is 418 g/mol. The first-order valence-electron chi connectivity index (χ1n) is 10.5. The molecule has 2 aromatic carbocycles. The Morgan fingerprint density at radius 2 is 1.87 bits per heavy atom. The summed E-state index contributed by atoms with van der Waals surface area (Å²) < 4.78 is 5.54. The van der Waals surface area contributed by atoms with Gasteiger partial charge < -0.3 is 14.7 Å². The summed E-state index contributed by atoms with van der Waals surface area (Å²) in [6, 6.07) is 15.4. The van der Waals surface area contributed by atoms with Crippen LogP contribution in [0.5, 0.6) is 0 Å². The lowest BCUT2D eigenvalue weighted by atomic mass is 9.97. The number of rotatable bonds is 5. The molecule has 1 N–H and O–H groups in total. The fourth-order valence-corrected chi connectivity index (χ4v) is 3.82. The highest BCUT2D eigenvalue weighted by molar-refractivity contribution is 5.88. The largest absolute Gasteiger partial charge is 0.342 e. The molecule has 3 aromatic rings. The standard InChI is InChI=1S/C24H26N4O3/c1-16-5-7-18(8-6-16)14-22(30)28-13-3-4-20(15-28)24-26-23(27-31-24)19-9-11-21(12-10-19)25-17(2)29/h5-12,20H,3-4,13-15H2,1-2H3,(H,25,29)/t20-/m0/s1. The van der Waals surface area contributed by atoms with Gasteiger partial charge in [-0.3, -0.25) is 9.59 Å². The molecule has 0 saturated carbocycles. The van der Waals surface area contributed by atoms with Crippen molar-refractivity contribution < 1.29 is 14.1 Å². The predicted octanol–water partition coefficient (Wildman–Crippen LogP) is 3.95. The van der Waals surface area contributed by atoms with Crippen molar-refractivity contribution in [2.75, 3.05) is 18.4 Å². The molecule has 2 amide bonds. The summed E-state index contributed by atoms with van der Waals surface area (Å²) in [6.07, 6.45) is 2.23. The van der Waals surface area contributed by atoms with E-state index in [-0.39, 0.29) is 17.7 Å². The Balaban J connectivity index is 1.40. The van der Waals surface area contributed by atoms with Crippen molar-refractivity contribution in [3.63, 3.8) is 0 Å². The lowest BCUT2D eigenvalue weighted by molar-refractivity contribution is -0.131. The molecule has 4 rings (SSSR count). The summed E-state index contributed by atoms with van der Waals surface area (Å²) in [5, 5.41) is 6.86. The molecule has 0 radical (unpaired) electrons. The molecule has 2 heterocycles. The third-order valence-electron chi connectivity index (χ3n) is 5.50. The first-order chi connectivity index (χ1) is 15.0. The molecule has 31 heavy (non-hydrogen) atoms. The molecular formula is C24H26N4O3. The number of hydrogen-bond acceptors (Lipinski definition) is 5. The Bertz CT molecular complexity index is 1060. The summed E-state index contributed by atoms with van der Waals surface area (Å²) >= 11 is 0. The lowest BCUT2D eigenvalue weighted by Gasteiger charge is -2.31. The summed E-state index contributed by atoms with van der Waals surface area (Å²) in [4.78, 5) is 30.4. The highest BCUT2D eigenvalue weighted by Gasteiger charge is 2.28. The molecule has 7 heteroatoms. The number of amides is 2. The van der Waals surface area contributed by atoms with Crippen LogP contribution in [0.15, 0.2) is 53.1 Å². The smallest absolute Gasteiger partial charge is 0.231 e. The van der Waals surface area contributed by atoms with E-state index >= 15 is 0 Å². The molecule has 1 aliphatic heterocycles. The van der Waals surface area contributed by atoms with Gasteiger partial charge in [-0.05, 0) is 49.6 Å². The van der Waals surface area contributed by atoms with Crippen LogP contribution in [0.1, 0.15) is 42.7 Å². The molecule has 0 aliphatic carbocycles. The van der Waals surface area contributed by atoms with Gasteiger partial charge >= 0.3 is 0 Å². The van der Waals surface area contributed by atoms with Gasteiger partial charge in [0.1, 0.15) is 0 Å². The zero-order valence-corrected chi connectivity index (χ0v) is 17.8. The second kappa shape index (κ2) is 9.12. The second-order valence-corrected chi connectivity index (χ2v) is 8.06. The van der Waals surface area contributed by atoms with E-state index in [4.69, 9.17) is 4.52 Å². The number of aryl methyl sites for hydroxylation is 1. The van der Waals surface area contributed by atoms with E-state index in [1.165, 1.54) is 12.5 Å². The number of piperidine rings is 1. The quantitative estimate of drug-likeness (QED) is 0.678. The first kappa shape index (κ1) is 20.8. The fraction of sp³-hybridized carbons (Fsp3) is 0.333. The van der Waals surface area contributed by atoms with Crippen LogP contribution < -0.4 is 5.32 Å². The Hall–Kier alpha value is -3.48. The van der Waals surface area contributed by atoms with Crippen molar-refractivity contribution in [2.45, 2.75) is 39.0 Å². The van der Waals surface area contributed by atoms with Gasteiger partial charge in [0.05, 0.1) is 12.3 Å². The number of hydrogen-bond donors (Lipinski definition) is 1. The maximum absolute atomic E-state index is 12.8. The van der Waals surface area contributed by atoms with Crippen LogP contribution in [-0.2, 0) is 16.0 Å². The minimum Gasteiger partial charge on any atom is -0.342 e. The van der Waals surface area contributed by atoms with Crippen molar-refractivity contribution in [1.29, 1.82) is 0 Å². The van der Waals surface area contributed by atoms with Gasteiger partial charge in [0.15, 0.2) is 0 Å². The van der Waals surface area contributed by atoms with E-state index in [0.29, 0.717) is 24.7 Å². The van der Waals surface area contributed by atoms with Crippen molar-refractivity contribution >= 4 is 17.5 Å². The monoisotopic (exact) mass is 418 g/mol. The molecule has 1 atom stereocenters. The van der Waals surface area contributed by atoms with Crippen LogP contribution in [0.25, 0.3) is 11.4 Å². The Labute approximate surface area is 181 Å². The van der Waals surface area contributed by atoms with Gasteiger partial charge in [-0.2, -0.15) is 4.98 Å². The number of benzene rings is 2. The molecule has 1 fully saturated rings. The molecule has 0 spiro atoms. The van der Waals surface area contributed by atoms with E-state index in [1.807, 2.05) is 48.2 Å².